The first-order valence-electron chi connectivity index (χ1n) is 7.01. The maximum Gasteiger partial charge on any atom is 0.315 e. The molecule has 0 bridgehead atoms. The summed E-state index contributed by atoms with van der Waals surface area (Å²) >= 11 is 5.81. The highest BCUT2D eigenvalue weighted by Gasteiger charge is 2.13. The highest BCUT2D eigenvalue weighted by molar-refractivity contribution is 6.30. The van der Waals surface area contributed by atoms with E-state index in [1.54, 1.807) is 24.3 Å². The van der Waals surface area contributed by atoms with E-state index in [2.05, 4.69) is 24.5 Å². The molecule has 1 unspecified atom stereocenters. The van der Waals surface area contributed by atoms with Crippen molar-refractivity contribution in [3.63, 3.8) is 0 Å². The lowest BCUT2D eigenvalue weighted by Gasteiger charge is -2.17. The van der Waals surface area contributed by atoms with Crippen molar-refractivity contribution in [2.24, 2.45) is 5.92 Å². The van der Waals surface area contributed by atoms with E-state index >= 15 is 0 Å². The number of hydrogen-bond acceptors (Lipinski definition) is 3. The highest BCUT2D eigenvalue weighted by atomic mass is 35.5. The molecule has 118 valence electrons. The summed E-state index contributed by atoms with van der Waals surface area (Å²) in [6.07, 6.45) is 0. The van der Waals surface area contributed by atoms with Gasteiger partial charge in [-0.25, -0.2) is 4.79 Å². The van der Waals surface area contributed by atoms with Crippen LogP contribution in [0.5, 0.6) is 0 Å². The quantitative estimate of drug-likeness (QED) is 0.645. The molecule has 21 heavy (non-hydrogen) atoms. The molecule has 0 spiro atoms. The number of amides is 2. The molecule has 0 heterocycles. The van der Waals surface area contributed by atoms with Crippen LogP contribution >= 0.6 is 11.6 Å². The Hall–Kier alpha value is -1.30. The SMILES string of the molecule is CC(C)COCCNC(=O)NC(CO)c1ccc(Cl)cc1. The molecule has 1 aromatic rings. The fourth-order valence-electron chi connectivity index (χ4n) is 1.69. The molecule has 2 amide bonds. The first-order valence-corrected chi connectivity index (χ1v) is 7.39. The van der Waals surface area contributed by atoms with Gasteiger partial charge in [-0.3, -0.25) is 0 Å². The predicted molar refractivity (Wildman–Crippen MR) is 83.5 cm³/mol. The van der Waals surface area contributed by atoms with E-state index in [0.29, 0.717) is 30.7 Å². The molecule has 6 heteroatoms. The molecule has 0 aliphatic heterocycles. The second-order valence-electron chi connectivity index (χ2n) is 5.16. The summed E-state index contributed by atoms with van der Waals surface area (Å²) in [6.45, 7) is 5.52. The smallest absolute Gasteiger partial charge is 0.315 e. The van der Waals surface area contributed by atoms with Crippen LogP contribution < -0.4 is 10.6 Å². The van der Waals surface area contributed by atoms with Gasteiger partial charge in [0, 0.05) is 18.2 Å². The number of benzene rings is 1. The maximum absolute atomic E-state index is 11.7. The largest absolute Gasteiger partial charge is 0.394 e. The lowest BCUT2D eigenvalue weighted by Crippen LogP contribution is -2.40. The maximum atomic E-state index is 11.7. The zero-order chi connectivity index (χ0) is 15.7. The summed E-state index contributed by atoms with van der Waals surface area (Å²) in [7, 11) is 0. The molecular weight excluding hydrogens is 292 g/mol. The van der Waals surface area contributed by atoms with Crippen LogP contribution in [0.4, 0.5) is 4.79 Å². The molecule has 0 saturated heterocycles. The van der Waals surface area contributed by atoms with Crippen LogP contribution in [0.25, 0.3) is 0 Å². The van der Waals surface area contributed by atoms with Crippen molar-refractivity contribution in [3.8, 4) is 0 Å². The van der Waals surface area contributed by atoms with Crippen LogP contribution in [-0.4, -0.2) is 37.5 Å². The number of hydrogen-bond donors (Lipinski definition) is 3. The second-order valence-corrected chi connectivity index (χ2v) is 5.59. The van der Waals surface area contributed by atoms with Gasteiger partial charge in [0.05, 0.1) is 19.3 Å². The van der Waals surface area contributed by atoms with Crippen molar-refractivity contribution in [2.75, 3.05) is 26.4 Å². The molecule has 0 aromatic heterocycles. The molecule has 0 aliphatic carbocycles. The molecule has 1 rings (SSSR count). The van der Waals surface area contributed by atoms with E-state index < -0.39 is 6.04 Å². The third kappa shape index (κ3) is 7.32. The number of carbonyl (C=O) groups excluding carboxylic acids is 1. The van der Waals surface area contributed by atoms with Crippen LogP contribution in [-0.2, 0) is 4.74 Å². The Bertz CT molecular complexity index is 423. The van der Waals surface area contributed by atoms with E-state index in [9.17, 15) is 9.90 Å². The summed E-state index contributed by atoms with van der Waals surface area (Å²) in [4.78, 5) is 11.7. The second kappa shape index (κ2) is 9.60. The standard InChI is InChI=1S/C15H23ClN2O3/c1-11(2)10-21-8-7-17-15(20)18-14(9-19)12-3-5-13(16)6-4-12/h3-6,11,14,19H,7-10H2,1-2H3,(H2,17,18,20). The minimum absolute atomic E-state index is 0.182. The van der Waals surface area contributed by atoms with Gasteiger partial charge < -0.3 is 20.5 Å². The van der Waals surface area contributed by atoms with Gasteiger partial charge >= 0.3 is 6.03 Å². The predicted octanol–water partition coefficient (Wildman–Crippen LogP) is 2.35. The van der Waals surface area contributed by atoms with Crippen LogP contribution in [0.1, 0.15) is 25.5 Å². The number of aliphatic hydroxyl groups excluding tert-OH is 1. The summed E-state index contributed by atoms with van der Waals surface area (Å²) in [5.74, 6) is 0.475. The summed E-state index contributed by atoms with van der Waals surface area (Å²) in [5.41, 5.74) is 0.799. The van der Waals surface area contributed by atoms with E-state index in [4.69, 9.17) is 16.3 Å². The van der Waals surface area contributed by atoms with Crippen LogP contribution in [0.2, 0.25) is 5.02 Å². The van der Waals surface area contributed by atoms with Crippen molar-refractivity contribution in [1.82, 2.24) is 10.6 Å². The minimum atomic E-state index is -0.459. The van der Waals surface area contributed by atoms with Gasteiger partial charge in [0.2, 0.25) is 0 Å². The number of aliphatic hydroxyl groups is 1. The van der Waals surface area contributed by atoms with Crippen molar-refractivity contribution in [1.29, 1.82) is 0 Å². The summed E-state index contributed by atoms with van der Waals surface area (Å²) in [6, 6.07) is 6.19. The molecule has 0 aliphatic rings. The van der Waals surface area contributed by atoms with Gasteiger partial charge in [0.1, 0.15) is 0 Å². The van der Waals surface area contributed by atoms with Crippen LogP contribution in [0, 0.1) is 5.92 Å². The average Bonchev–Trinajstić information content (AvgIpc) is 2.45. The fraction of sp³-hybridized carbons (Fsp3) is 0.533. The lowest BCUT2D eigenvalue weighted by molar-refractivity contribution is 0.112. The highest BCUT2D eigenvalue weighted by Crippen LogP contribution is 2.15. The Morgan fingerprint density at radius 3 is 2.57 bits per heavy atom. The fourth-order valence-corrected chi connectivity index (χ4v) is 1.82. The zero-order valence-corrected chi connectivity index (χ0v) is 13.2. The number of carbonyl (C=O) groups is 1. The molecular formula is C15H23ClN2O3. The van der Waals surface area contributed by atoms with E-state index in [1.165, 1.54) is 0 Å². The first-order chi connectivity index (χ1) is 10.0. The number of urea groups is 1. The summed E-state index contributed by atoms with van der Waals surface area (Å²) in [5, 5.41) is 15.4. The summed E-state index contributed by atoms with van der Waals surface area (Å²) < 4.78 is 5.37. The number of halogens is 1. The van der Waals surface area contributed by atoms with Gasteiger partial charge in [-0.15, -0.1) is 0 Å². The minimum Gasteiger partial charge on any atom is -0.394 e. The van der Waals surface area contributed by atoms with Crippen molar-refractivity contribution < 1.29 is 14.6 Å². The molecule has 1 aromatic carbocycles. The third-order valence-electron chi connectivity index (χ3n) is 2.74. The monoisotopic (exact) mass is 314 g/mol. The van der Waals surface area contributed by atoms with Crippen LogP contribution in [0.15, 0.2) is 24.3 Å². The van der Waals surface area contributed by atoms with Crippen molar-refractivity contribution >= 4 is 17.6 Å². The molecule has 1 atom stereocenters. The molecule has 0 saturated carbocycles. The zero-order valence-electron chi connectivity index (χ0n) is 12.4. The Morgan fingerprint density at radius 2 is 2.00 bits per heavy atom. The Morgan fingerprint density at radius 1 is 1.33 bits per heavy atom. The van der Waals surface area contributed by atoms with Gasteiger partial charge in [0.25, 0.3) is 0 Å². The molecule has 0 fully saturated rings. The van der Waals surface area contributed by atoms with E-state index in [1.807, 2.05) is 0 Å². The van der Waals surface area contributed by atoms with Crippen LogP contribution in [0.3, 0.4) is 0 Å². The van der Waals surface area contributed by atoms with E-state index in [0.717, 1.165) is 5.56 Å². The molecule has 5 nitrogen and oxygen atoms in total. The first kappa shape index (κ1) is 17.8. The van der Waals surface area contributed by atoms with Gasteiger partial charge in [0.15, 0.2) is 0 Å². The third-order valence-corrected chi connectivity index (χ3v) is 3.00. The van der Waals surface area contributed by atoms with Crippen molar-refractivity contribution in [2.45, 2.75) is 19.9 Å². The number of nitrogens with one attached hydrogen (secondary N) is 2. The van der Waals surface area contributed by atoms with Gasteiger partial charge in [-0.1, -0.05) is 37.6 Å². The van der Waals surface area contributed by atoms with Crippen molar-refractivity contribution in [3.05, 3.63) is 34.9 Å². The Kier molecular flexibility index (Phi) is 8.12. The number of ether oxygens (including phenoxy) is 1. The normalized spacial score (nSPS) is 12.2. The molecule has 0 radical (unpaired) electrons. The lowest BCUT2D eigenvalue weighted by atomic mass is 10.1. The van der Waals surface area contributed by atoms with Gasteiger partial charge in [-0.05, 0) is 23.6 Å². The molecule has 3 N–H and O–H groups in total. The average molecular weight is 315 g/mol. The topological polar surface area (TPSA) is 70.6 Å². The Balaban J connectivity index is 2.32. The van der Waals surface area contributed by atoms with E-state index in [-0.39, 0.29) is 12.6 Å². The van der Waals surface area contributed by atoms with Gasteiger partial charge in [-0.2, -0.15) is 0 Å². The number of rotatable bonds is 8. The Labute approximate surface area is 130 Å².